The van der Waals surface area contributed by atoms with Crippen LogP contribution in [0.4, 0.5) is 0 Å². The molecule has 3 aliphatic rings. The normalized spacial score (nSPS) is 27.3. The molecule has 0 aromatic heterocycles. The second-order valence-electron chi connectivity index (χ2n) is 29.8. The summed E-state index contributed by atoms with van der Waals surface area (Å²) in [5.74, 6) is -1.27. The van der Waals surface area contributed by atoms with Gasteiger partial charge < -0.3 is 89.1 Å². The van der Waals surface area contributed by atoms with Gasteiger partial charge in [-0.1, -0.05) is 297 Å². The molecule has 11 N–H and O–H groups in total. The van der Waals surface area contributed by atoms with Gasteiger partial charge in [0.25, 0.3) is 0 Å². The third kappa shape index (κ3) is 40.4. The van der Waals surface area contributed by atoms with Crippen molar-refractivity contribution in [2.24, 2.45) is 5.92 Å². The van der Waals surface area contributed by atoms with Crippen molar-refractivity contribution < 1.29 is 117 Å². The number of phosphoric ester groups is 1. The van der Waals surface area contributed by atoms with Crippen LogP contribution in [-0.2, 0) is 61.2 Å². The molecule has 19 unspecified atom stereocenters. The quantitative estimate of drug-likeness (QED) is 0.0117. The predicted molar refractivity (Wildman–Crippen MR) is 388 cm³/mol. The number of esters is 3. The Kier molecular flexibility index (Phi) is 53.5. The first-order chi connectivity index (χ1) is 49.2. The van der Waals surface area contributed by atoms with E-state index in [0.717, 1.165) is 89.9 Å². The first-order valence-electron chi connectivity index (χ1n) is 40.7. The van der Waals surface area contributed by atoms with Gasteiger partial charge in [0.05, 0.1) is 13.2 Å². The molecule has 1 aliphatic carbocycles. The Balaban J connectivity index is 1.71. The molecule has 3 rings (SSSR count). The Morgan fingerprint density at radius 1 is 0.373 bits per heavy atom. The Bertz CT molecular complexity index is 2120. The molecule has 2 saturated heterocycles. The summed E-state index contributed by atoms with van der Waals surface area (Å²) in [6, 6.07) is 0. The van der Waals surface area contributed by atoms with Crippen LogP contribution in [0.25, 0.3) is 0 Å². The summed E-state index contributed by atoms with van der Waals surface area (Å²) in [4.78, 5) is 51.2. The van der Waals surface area contributed by atoms with Gasteiger partial charge in [-0.3, -0.25) is 23.4 Å². The largest absolute Gasteiger partial charge is 0.472 e. The van der Waals surface area contributed by atoms with Crippen molar-refractivity contribution in [1.29, 1.82) is 0 Å². The summed E-state index contributed by atoms with van der Waals surface area (Å²) in [6.07, 6.45) is 15.7. The van der Waals surface area contributed by atoms with E-state index >= 15 is 0 Å². The number of ether oxygens (including phenoxy) is 7. The highest BCUT2D eigenvalue weighted by Crippen LogP contribution is 2.49. The third-order valence-electron chi connectivity index (χ3n) is 20.5. The average Bonchev–Trinajstić information content (AvgIpc) is 0.762. The Morgan fingerprint density at radius 3 is 1.06 bits per heavy atom. The van der Waals surface area contributed by atoms with Crippen LogP contribution in [0.1, 0.15) is 336 Å². The molecule has 19 atom stereocenters. The Hall–Kier alpha value is -2.04. The second kappa shape index (κ2) is 58.0. The predicted octanol–water partition coefficient (Wildman–Crippen LogP) is 12.4. The number of unbranched alkanes of at least 4 members (excludes halogenated alkanes) is 39. The minimum Gasteiger partial charge on any atom is -0.463 e. The van der Waals surface area contributed by atoms with E-state index in [1.807, 2.05) is 0 Å². The number of hydrogen-bond donors (Lipinski definition) is 11. The van der Waals surface area contributed by atoms with Gasteiger partial charge in [0.2, 0.25) is 0 Å². The summed E-state index contributed by atoms with van der Waals surface area (Å²) in [7, 11) is -5.70. The second-order valence-corrected chi connectivity index (χ2v) is 31.2. The molecule has 1 saturated carbocycles. The van der Waals surface area contributed by atoms with Crippen LogP contribution in [0.15, 0.2) is 0 Å². The molecule has 0 spiro atoms. The van der Waals surface area contributed by atoms with Crippen LogP contribution in [0.5, 0.6) is 0 Å². The summed E-state index contributed by atoms with van der Waals surface area (Å²) in [5.41, 5.74) is 0. The number of carbonyl (C=O) groups excluding carboxylic acids is 3. The maximum absolute atomic E-state index is 14.4. The van der Waals surface area contributed by atoms with Crippen LogP contribution in [0.3, 0.4) is 0 Å². The topological polar surface area (TPSA) is 374 Å². The van der Waals surface area contributed by atoms with Crippen molar-refractivity contribution in [3.8, 4) is 0 Å². The highest BCUT2D eigenvalue weighted by atomic mass is 31.2. The summed E-state index contributed by atoms with van der Waals surface area (Å²) in [6.45, 7) is 5.83. The summed E-state index contributed by atoms with van der Waals surface area (Å²) < 4.78 is 65.3. The Morgan fingerprint density at radius 2 is 0.686 bits per heavy atom. The first kappa shape index (κ1) is 94.2. The minimum atomic E-state index is -5.70. The molecule has 24 nitrogen and oxygen atoms in total. The zero-order chi connectivity index (χ0) is 74.8. The molecule has 0 bridgehead atoms. The lowest BCUT2D eigenvalue weighted by Gasteiger charge is -2.49. The zero-order valence-electron chi connectivity index (χ0n) is 63.3. The van der Waals surface area contributed by atoms with Crippen molar-refractivity contribution in [2.75, 3.05) is 26.4 Å². The minimum absolute atomic E-state index is 0.0311. The summed E-state index contributed by atoms with van der Waals surface area (Å²) >= 11 is 0. The van der Waals surface area contributed by atoms with E-state index in [9.17, 15) is 74.9 Å². The maximum atomic E-state index is 14.4. The fourth-order valence-electron chi connectivity index (χ4n) is 13.8. The first-order valence-corrected chi connectivity index (χ1v) is 42.2. The molecule has 0 amide bonds. The van der Waals surface area contributed by atoms with Crippen molar-refractivity contribution in [3.05, 3.63) is 0 Å². The fourth-order valence-corrected chi connectivity index (χ4v) is 14.8. The van der Waals surface area contributed by atoms with Crippen LogP contribution in [0, 0.1) is 5.92 Å². The number of aliphatic hydroxyl groups excluding tert-OH is 10. The average molecular weight is 1490 g/mol. The van der Waals surface area contributed by atoms with Gasteiger partial charge in [-0.05, 0) is 25.2 Å². The molecule has 0 aromatic rings. The smallest absolute Gasteiger partial charge is 0.463 e. The molecule has 602 valence electrons. The van der Waals surface area contributed by atoms with Gasteiger partial charge >= 0.3 is 25.7 Å². The van der Waals surface area contributed by atoms with E-state index in [-0.39, 0.29) is 19.3 Å². The lowest BCUT2D eigenvalue weighted by molar-refractivity contribution is -0.360. The van der Waals surface area contributed by atoms with Gasteiger partial charge in [0.15, 0.2) is 18.7 Å². The van der Waals surface area contributed by atoms with E-state index in [2.05, 4.69) is 27.7 Å². The SMILES string of the molecule is CCCCCCCCCCCCCCCCCCC(=O)OC(COC(=O)CCCCCCCCCCCCCCCCC)COP(=O)(O)OC1C(OC2OC(CO)C(O)C(O)C2O)C(O)C(O)C(O)C1OC1OC(COC(=O)CCCCCCCCC(C)CCCCCCCC)C(O)C(O)C1O. The van der Waals surface area contributed by atoms with Crippen LogP contribution >= 0.6 is 7.82 Å². The lowest BCUT2D eigenvalue weighted by Crippen LogP contribution is -2.69. The van der Waals surface area contributed by atoms with Gasteiger partial charge in [-0.25, -0.2) is 4.57 Å². The lowest BCUT2D eigenvalue weighted by atomic mass is 9.84. The third-order valence-corrected chi connectivity index (χ3v) is 21.5. The van der Waals surface area contributed by atoms with E-state index in [1.54, 1.807) is 0 Å². The van der Waals surface area contributed by atoms with Gasteiger partial charge in [-0.15, -0.1) is 0 Å². The van der Waals surface area contributed by atoms with Crippen LogP contribution in [-0.4, -0.2) is 204 Å². The number of rotatable bonds is 64. The van der Waals surface area contributed by atoms with Crippen molar-refractivity contribution in [1.82, 2.24) is 0 Å². The van der Waals surface area contributed by atoms with Gasteiger partial charge in [-0.2, -0.15) is 0 Å². The molecule has 0 radical (unpaired) electrons. The van der Waals surface area contributed by atoms with E-state index in [0.29, 0.717) is 25.2 Å². The highest BCUT2D eigenvalue weighted by molar-refractivity contribution is 7.47. The molecular weight excluding hydrogens is 1340 g/mol. The van der Waals surface area contributed by atoms with Crippen molar-refractivity contribution >= 4 is 25.7 Å². The van der Waals surface area contributed by atoms with Gasteiger partial charge in [0, 0.05) is 19.3 Å². The van der Waals surface area contributed by atoms with E-state index in [1.165, 1.54) is 180 Å². The molecular formula is C77H145O24P. The monoisotopic (exact) mass is 1480 g/mol. The Labute approximate surface area is 612 Å². The van der Waals surface area contributed by atoms with Gasteiger partial charge in [0.1, 0.15) is 98.7 Å². The molecule has 2 aliphatic heterocycles. The molecule has 2 heterocycles. The number of aliphatic hydroxyl groups is 10. The van der Waals surface area contributed by atoms with Crippen LogP contribution in [0.2, 0.25) is 0 Å². The van der Waals surface area contributed by atoms with Crippen molar-refractivity contribution in [2.45, 2.75) is 440 Å². The fraction of sp³-hybridized carbons (Fsp3) is 0.961. The molecule has 0 aromatic carbocycles. The number of phosphoric acid groups is 1. The molecule has 3 fully saturated rings. The highest BCUT2D eigenvalue weighted by Gasteiger charge is 2.58. The standard InChI is InChI=1S/C77H145O24P/c1-5-8-11-14-17-19-21-23-25-27-29-31-33-35-42-47-52-63(81)96-58(54-93-61(79)50-45-40-34-32-30-28-26-24-22-20-18-15-12-9-6-2)55-95-102(91,92)101-75-73(99-76-71(89)66(84)64(82)59(53-78)97-76)69(87)68(86)70(88)74(75)100-77-72(90)67(85)65(83)60(98-77)56-94-62(80)51-46-41-37-36-39-44-49-57(4)48-43-38-16-13-10-7-3/h57-60,64-78,82-90H,5-56H2,1-4H3,(H,91,92). The number of carbonyl (C=O) groups is 3. The van der Waals surface area contributed by atoms with E-state index < -0.39 is 156 Å². The van der Waals surface area contributed by atoms with E-state index in [4.69, 9.17) is 42.2 Å². The summed E-state index contributed by atoms with van der Waals surface area (Å²) in [5, 5.41) is 110. The number of hydrogen-bond acceptors (Lipinski definition) is 23. The molecule has 102 heavy (non-hydrogen) atoms. The van der Waals surface area contributed by atoms with Crippen LogP contribution < -0.4 is 0 Å². The zero-order valence-corrected chi connectivity index (χ0v) is 64.2. The molecule has 25 heteroatoms. The van der Waals surface area contributed by atoms with Crippen molar-refractivity contribution in [3.63, 3.8) is 0 Å². The maximum Gasteiger partial charge on any atom is 0.472 e.